The van der Waals surface area contributed by atoms with Crippen LogP contribution in [0, 0.1) is 0 Å². The first-order chi connectivity index (χ1) is 37.7. The molecule has 0 radical (unpaired) electrons. The van der Waals surface area contributed by atoms with E-state index in [1.807, 2.05) is 36.7 Å². The molecule has 0 bridgehead atoms. The predicted octanol–water partition coefficient (Wildman–Crippen LogP) is 17.7. The van der Waals surface area contributed by atoms with Crippen LogP contribution in [0.3, 0.4) is 0 Å². The number of pyridine rings is 6. The Hall–Kier alpha value is -10.3. The molecule has 8 aromatic carbocycles. The highest BCUT2D eigenvalue weighted by molar-refractivity contribution is 6.14. The van der Waals surface area contributed by atoms with Crippen LogP contribution in [-0.4, -0.2) is 29.9 Å². The maximum Gasteiger partial charge on any atom is 0.0979 e. The van der Waals surface area contributed by atoms with E-state index < -0.39 is 0 Å². The summed E-state index contributed by atoms with van der Waals surface area (Å²) < 4.78 is 0. The lowest BCUT2D eigenvalue weighted by molar-refractivity contribution is 1.29. The normalized spacial score (nSPS) is 11.4. The summed E-state index contributed by atoms with van der Waals surface area (Å²) in [6.45, 7) is 0. The quantitative estimate of drug-likeness (QED) is 0.134. The van der Waals surface area contributed by atoms with Gasteiger partial charge in [-0.15, -0.1) is 0 Å². The highest BCUT2D eigenvalue weighted by Gasteiger charge is 2.20. The summed E-state index contributed by atoms with van der Waals surface area (Å²) in [5, 5.41) is 4.03. The van der Waals surface area contributed by atoms with Crippen molar-refractivity contribution in [2.24, 2.45) is 0 Å². The number of hydrogen-bond donors (Lipinski definition) is 0. The van der Waals surface area contributed by atoms with Crippen LogP contribution >= 0.6 is 0 Å². The van der Waals surface area contributed by atoms with Crippen LogP contribution in [0.5, 0.6) is 0 Å². The van der Waals surface area contributed by atoms with E-state index in [1.165, 1.54) is 0 Å². The topological polar surface area (TPSA) is 77.3 Å². The Morgan fingerprint density at radius 2 is 0.434 bits per heavy atom. The lowest BCUT2D eigenvalue weighted by atomic mass is 9.94. The number of hydrogen-bond acceptors (Lipinski definition) is 6. The highest BCUT2D eigenvalue weighted by Crippen LogP contribution is 2.42. The zero-order valence-corrected chi connectivity index (χ0v) is 41.1. The van der Waals surface area contributed by atoms with E-state index in [2.05, 4.69) is 231 Å². The highest BCUT2D eigenvalue weighted by atomic mass is 14.8. The molecule has 0 aliphatic heterocycles. The molecule has 6 aromatic heterocycles. The van der Waals surface area contributed by atoms with Gasteiger partial charge in [-0.3, -0.25) is 9.97 Å². The number of nitrogens with zero attached hydrogens (tertiary/aromatic N) is 6. The van der Waals surface area contributed by atoms with Crippen LogP contribution in [0.25, 0.3) is 145 Å². The molecule has 6 heterocycles. The van der Waals surface area contributed by atoms with E-state index >= 15 is 0 Å². The average molecular weight is 969 g/mol. The monoisotopic (exact) mass is 968 g/mol. The van der Waals surface area contributed by atoms with Gasteiger partial charge in [-0.05, 0) is 58.7 Å². The number of aromatic nitrogens is 6. The zero-order valence-electron chi connectivity index (χ0n) is 41.1. The molecule has 0 aliphatic carbocycles. The third-order valence-corrected chi connectivity index (χ3v) is 14.4. The summed E-state index contributed by atoms with van der Waals surface area (Å²) in [6, 6.07) is 88.5. The Morgan fingerprint density at radius 1 is 0.184 bits per heavy atom. The second kappa shape index (κ2) is 19.0. The molecule has 6 nitrogen and oxygen atoms in total. The van der Waals surface area contributed by atoms with Crippen LogP contribution < -0.4 is 0 Å². The van der Waals surface area contributed by atoms with Gasteiger partial charge in [0.25, 0.3) is 0 Å². The Morgan fingerprint density at radius 3 is 0.697 bits per heavy atom. The molecule has 0 spiro atoms. The molecule has 6 heteroatoms. The molecular weight excluding hydrogens is 925 g/mol. The van der Waals surface area contributed by atoms with Gasteiger partial charge in [-0.25, -0.2) is 19.9 Å². The lowest BCUT2D eigenvalue weighted by Gasteiger charge is -2.15. The molecule has 0 fully saturated rings. The Balaban J connectivity index is 0.883. The van der Waals surface area contributed by atoms with Crippen molar-refractivity contribution in [3.05, 3.63) is 267 Å². The molecule has 0 saturated heterocycles. The van der Waals surface area contributed by atoms with Crippen molar-refractivity contribution in [2.75, 3.05) is 0 Å². The third kappa shape index (κ3) is 8.11. The summed E-state index contributed by atoms with van der Waals surface area (Å²) in [5.74, 6) is 0. The average Bonchev–Trinajstić information content (AvgIpc) is 3.60. The number of rotatable bonds is 9. The second-order valence-electron chi connectivity index (χ2n) is 19.0. The van der Waals surface area contributed by atoms with Crippen LogP contribution in [0.1, 0.15) is 0 Å². The minimum Gasteiger partial charge on any atom is -0.256 e. The van der Waals surface area contributed by atoms with Gasteiger partial charge in [0.1, 0.15) is 0 Å². The molecule has 0 unspecified atom stereocenters. The van der Waals surface area contributed by atoms with Crippen molar-refractivity contribution in [1.29, 1.82) is 0 Å². The summed E-state index contributed by atoms with van der Waals surface area (Å²) in [5.41, 5.74) is 21.0. The minimum absolute atomic E-state index is 0.825. The van der Waals surface area contributed by atoms with Crippen LogP contribution in [0.4, 0.5) is 0 Å². The van der Waals surface area contributed by atoms with Crippen LogP contribution in [0.2, 0.25) is 0 Å². The fourth-order valence-electron chi connectivity index (χ4n) is 10.6. The van der Waals surface area contributed by atoms with Gasteiger partial charge in [-0.1, -0.05) is 218 Å². The molecule has 14 aromatic rings. The molecule has 0 saturated carbocycles. The lowest BCUT2D eigenvalue weighted by Crippen LogP contribution is -1.96. The zero-order chi connectivity index (χ0) is 50.4. The molecular formula is C70H44N6. The van der Waals surface area contributed by atoms with Crippen molar-refractivity contribution in [3.63, 3.8) is 0 Å². The molecule has 354 valence electrons. The van der Waals surface area contributed by atoms with Crippen molar-refractivity contribution >= 4 is 43.6 Å². The number of benzene rings is 8. The van der Waals surface area contributed by atoms with Crippen molar-refractivity contribution in [2.45, 2.75) is 0 Å². The summed E-state index contributed by atoms with van der Waals surface area (Å²) in [6.07, 6.45) is 3.89. The Labute approximate surface area is 439 Å². The van der Waals surface area contributed by atoms with E-state index in [9.17, 15) is 0 Å². The van der Waals surface area contributed by atoms with Gasteiger partial charge in [0.15, 0.2) is 0 Å². The first kappa shape index (κ1) is 44.4. The maximum atomic E-state index is 5.41. The van der Waals surface area contributed by atoms with E-state index in [1.54, 1.807) is 0 Å². The minimum atomic E-state index is 0.825. The first-order valence-corrected chi connectivity index (χ1v) is 25.5. The van der Waals surface area contributed by atoms with E-state index in [4.69, 9.17) is 29.9 Å². The number of fused-ring (bicyclic) bond motifs is 6. The Kier molecular flexibility index (Phi) is 11.1. The largest absolute Gasteiger partial charge is 0.256 e. The van der Waals surface area contributed by atoms with Crippen molar-refractivity contribution < 1.29 is 0 Å². The van der Waals surface area contributed by atoms with E-state index in [-0.39, 0.29) is 0 Å². The van der Waals surface area contributed by atoms with Gasteiger partial charge >= 0.3 is 0 Å². The smallest absolute Gasteiger partial charge is 0.0979 e. The second-order valence-corrected chi connectivity index (χ2v) is 19.0. The van der Waals surface area contributed by atoms with E-state index in [0.29, 0.717) is 0 Å². The van der Waals surface area contributed by atoms with Crippen molar-refractivity contribution in [3.8, 4) is 101 Å². The molecule has 0 aliphatic rings. The summed E-state index contributed by atoms with van der Waals surface area (Å²) >= 11 is 0. The molecule has 0 amide bonds. The van der Waals surface area contributed by atoms with Gasteiger partial charge in [0.2, 0.25) is 0 Å². The SMILES string of the molecule is c1ccc(-c2cc(-c3ccccc3)c3ccc4c(-c5ccc(-c6ccc(-c7cc(-c8ccccc8)nc8c7ccc7c(-c9ccccc9)cc(-c9ccccc9)nc78)nc6)cn5)cc(-c5ccccc5)nc4c3n2)cc1. The van der Waals surface area contributed by atoms with E-state index in [0.717, 1.165) is 145 Å². The predicted molar refractivity (Wildman–Crippen MR) is 312 cm³/mol. The summed E-state index contributed by atoms with van der Waals surface area (Å²) in [4.78, 5) is 32.0. The first-order valence-electron chi connectivity index (χ1n) is 25.5. The Bertz CT molecular complexity index is 4150. The molecule has 0 atom stereocenters. The standard InChI is InChI=1S/C70H44N6/c1-7-19-45(20-8-1)57-39-63(47-23-11-3-12-24-47)73-67-53(57)33-35-55-59(41-65(75-69(55)67)49-27-15-5-16-28-49)61-37-31-51(43-71-61)52-32-38-62(72-44-52)60-42-66(50-29-17-6-18-30-50)76-70-56(60)36-34-54-58(46-21-9-2-10-22-46)40-64(74-68(54)70)48-25-13-4-14-26-48/h1-44H. The van der Waals surface area contributed by atoms with Gasteiger partial charge < -0.3 is 0 Å². The van der Waals surface area contributed by atoms with Gasteiger partial charge in [-0.2, -0.15) is 0 Å². The van der Waals surface area contributed by atoms with Gasteiger partial charge in [0, 0.05) is 78.4 Å². The van der Waals surface area contributed by atoms with Gasteiger partial charge in [0.05, 0.1) is 56.2 Å². The van der Waals surface area contributed by atoms with Crippen LogP contribution in [0.15, 0.2) is 267 Å². The third-order valence-electron chi connectivity index (χ3n) is 14.4. The molecule has 14 rings (SSSR count). The maximum absolute atomic E-state index is 5.41. The van der Waals surface area contributed by atoms with Crippen LogP contribution in [-0.2, 0) is 0 Å². The summed E-state index contributed by atoms with van der Waals surface area (Å²) in [7, 11) is 0. The molecule has 0 N–H and O–H groups in total. The molecule has 76 heavy (non-hydrogen) atoms. The van der Waals surface area contributed by atoms with Crippen molar-refractivity contribution in [1.82, 2.24) is 29.9 Å². The fourth-order valence-corrected chi connectivity index (χ4v) is 10.6. The fraction of sp³-hybridized carbons (Fsp3) is 0.